The lowest BCUT2D eigenvalue weighted by molar-refractivity contribution is 0.234. The molecule has 152 valence electrons. The molecule has 8 heteroatoms. The molecular formula is C18H32O2S6. The topological polar surface area (TPSA) is 40.5 Å². The molecule has 0 spiro atoms. The van der Waals surface area contributed by atoms with Crippen LogP contribution in [0.2, 0.25) is 0 Å². The molecule has 0 bridgehead atoms. The maximum atomic E-state index is 9.55. The van der Waals surface area contributed by atoms with E-state index in [0.717, 1.165) is 23.3 Å². The monoisotopic (exact) mass is 472 g/mol. The lowest BCUT2D eigenvalue weighted by atomic mass is 9.76. The Morgan fingerprint density at radius 2 is 1.23 bits per heavy atom. The molecule has 2 nitrogen and oxygen atoms in total. The third-order valence-corrected chi connectivity index (χ3v) is 15.6. The van der Waals surface area contributed by atoms with Gasteiger partial charge in [0.15, 0.2) is 0 Å². The maximum absolute atomic E-state index is 9.55. The van der Waals surface area contributed by atoms with Gasteiger partial charge in [0.2, 0.25) is 0 Å². The second-order valence-electron chi connectivity index (χ2n) is 7.30. The van der Waals surface area contributed by atoms with Crippen molar-refractivity contribution in [1.29, 1.82) is 0 Å². The van der Waals surface area contributed by atoms with Crippen molar-refractivity contribution in [3.05, 3.63) is 0 Å². The van der Waals surface area contributed by atoms with Gasteiger partial charge in [-0.3, -0.25) is 0 Å². The van der Waals surface area contributed by atoms with Gasteiger partial charge in [0, 0.05) is 32.5 Å². The highest BCUT2D eigenvalue weighted by Crippen LogP contribution is 2.53. The number of thioether (sulfide) groups is 6. The molecule has 3 fully saturated rings. The van der Waals surface area contributed by atoms with Crippen molar-refractivity contribution in [2.75, 3.05) is 37.2 Å². The average molecular weight is 473 g/mol. The number of hydrogen-bond acceptors (Lipinski definition) is 8. The van der Waals surface area contributed by atoms with Gasteiger partial charge in [-0.15, -0.1) is 47.0 Å². The SMILES string of the molecule is CSC(C1SCC(CO)S1)C1CCCCC1C(SC)C1SCC(CO)S1. The lowest BCUT2D eigenvalue weighted by Gasteiger charge is -2.43. The first-order valence-corrected chi connectivity index (χ1v) is 16.1. The second kappa shape index (κ2) is 11.4. The molecule has 3 aliphatic rings. The van der Waals surface area contributed by atoms with Crippen LogP contribution in [0.1, 0.15) is 25.7 Å². The van der Waals surface area contributed by atoms with E-state index in [0.29, 0.717) is 43.4 Å². The predicted octanol–water partition coefficient (Wildman–Crippen LogP) is 4.59. The standard InChI is InChI=1S/C18H32O2S6/c1-21-15(17-23-9-11(7-19)25-17)13-5-3-4-6-14(13)16(22-2)18-24-10-12(8-20)26-18/h11-20H,3-10H2,1-2H3. The number of aliphatic hydroxyl groups is 2. The molecule has 0 radical (unpaired) electrons. The highest BCUT2D eigenvalue weighted by Gasteiger charge is 2.45. The summed E-state index contributed by atoms with van der Waals surface area (Å²) in [5.74, 6) is 3.82. The first-order valence-electron chi connectivity index (χ1n) is 9.53. The third kappa shape index (κ3) is 5.38. The summed E-state index contributed by atoms with van der Waals surface area (Å²) in [7, 11) is 0. The van der Waals surface area contributed by atoms with Gasteiger partial charge in [-0.25, -0.2) is 0 Å². The molecule has 1 saturated carbocycles. The molecule has 0 aromatic rings. The summed E-state index contributed by atoms with van der Waals surface area (Å²) in [6, 6.07) is 0. The summed E-state index contributed by atoms with van der Waals surface area (Å²) in [4.78, 5) is 0. The summed E-state index contributed by atoms with van der Waals surface area (Å²) in [6.07, 6.45) is 10.1. The molecule has 0 aromatic carbocycles. The molecule has 8 unspecified atom stereocenters. The van der Waals surface area contributed by atoms with Crippen molar-refractivity contribution < 1.29 is 10.2 Å². The van der Waals surface area contributed by atoms with Crippen LogP contribution in [0.5, 0.6) is 0 Å². The smallest absolute Gasteiger partial charge is 0.0627 e. The zero-order chi connectivity index (χ0) is 18.5. The summed E-state index contributed by atoms with van der Waals surface area (Å²) in [5.41, 5.74) is 0. The molecule has 2 aliphatic heterocycles. The van der Waals surface area contributed by atoms with Gasteiger partial charge in [0.05, 0.1) is 22.4 Å². The number of hydrogen-bond donors (Lipinski definition) is 2. The van der Waals surface area contributed by atoms with E-state index in [4.69, 9.17) is 0 Å². The van der Waals surface area contributed by atoms with E-state index < -0.39 is 0 Å². The van der Waals surface area contributed by atoms with Crippen molar-refractivity contribution >= 4 is 70.6 Å². The van der Waals surface area contributed by atoms with Gasteiger partial charge in [-0.2, -0.15) is 23.5 Å². The highest BCUT2D eigenvalue weighted by atomic mass is 32.2. The minimum absolute atomic E-state index is 0.328. The fourth-order valence-electron chi connectivity index (χ4n) is 4.46. The van der Waals surface area contributed by atoms with Crippen LogP contribution in [-0.2, 0) is 0 Å². The normalized spacial score (nSPS) is 40.6. The van der Waals surface area contributed by atoms with Gasteiger partial charge >= 0.3 is 0 Å². The van der Waals surface area contributed by atoms with E-state index in [-0.39, 0.29) is 0 Å². The van der Waals surface area contributed by atoms with E-state index in [1.165, 1.54) is 25.7 Å². The summed E-state index contributed by atoms with van der Waals surface area (Å²) < 4.78 is 1.29. The Morgan fingerprint density at radius 1 is 0.808 bits per heavy atom. The molecule has 0 amide bonds. The van der Waals surface area contributed by atoms with Crippen LogP contribution in [0.25, 0.3) is 0 Å². The van der Waals surface area contributed by atoms with Gasteiger partial charge in [0.25, 0.3) is 0 Å². The third-order valence-electron chi connectivity index (χ3n) is 5.75. The lowest BCUT2D eigenvalue weighted by Crippen LogP contribution is -2.41. The van der Waals surface area contributed by atoms with Crippen LogP contribution in [0.3, 0.4) is 0 Å². The Labute approximate surface area is 184 Å². The van der Waals surface area contributed by atoms with Crippen molar-refractivity contribution in [2.45, 2.75) is 55.8 Å². The molecule has 8 atom stereocenters. The average Bonchev–Trinajstić information content (AvgIpc) is 3.34. The van der Waals surface area contributed by atoms with Crippen LogP contribution in [0.15, 0.2) is 0 Å². The van der Waals surface area contributed by atoms with Crippen molar-refractivity contribution in [1.82, 2.24) is 0 Å². The molecule has 1 aliphatic carbocycles. The summed E-state index contributed by atoms with van der Waals surface area (Å²) in [5, 5.41) is 21.4. The number of rotatable bonds is 8. The van der Waals surface area contributed by atoms with Gasteiger partial charge in [-0.1, -0.05) is 12.8 Å². The highest BCUT2D eigenvalue weighted by molar-refractivity contribution is 8.22. The van der Waals surface area contributed by atoms with E-state index in [9.17, 15) is 10.2 Å². The summed E-state index contributed by atoms with van der Waals surface area (Å²) >= 11 is 12.4. The van der Waals surface area contributed by atoms with Crippen molar-refractivity contribution in [2.24, 2.45) is 11.8 Å². The zero-order valence-electron chi connectivity index (χ0n) is 15.6. The summed E-state index contributed by atoms with van der Waals surface area (Å²) in [6.45, 7) is 0.656. The zero-order valence-corrected chi connectivity index (χ0v) is 20.5. The Bertz CT molecular complexity index is 390. The van der Waals surface area contributed by atoms with Crippen LogP contribution in [0.4, 0.5) is 0 Å². The quantitative estimate of drug-likeness (QED) is 0.531. The fourth-order valence-corrected chi connectivity index (χ4v) is 15.1. The van der Waals surface area contributed by atoms with E-state index >= 15 is 0 Å². The Morgan fingerprint density at radius 3 is 1.54 bits per heavy atom. The fraction of sp³-hybridized carbons (Fsp3) is 1.00. The van der Waals surface area contributed by atoms with E-state index in [1.54, 1.807) is 0 Å². The van der Waals surface area contributed by atoms with Crippen LogP contribution in [-0.4, -0.2) is 77.6 Å². The molecule has 2 heterocycles. The number of aliphatic hydroxyl groups excluding tert-OH is 2. The van der Waals surface area contributed by atoms with Crippen LogP contribution >= 0.6 is 70.6 Å². The van der Waals surface area contributed by atoms with Crippen molar-refractivity contribution in [3.63, 3.8) is 0 Å². The first kappa shape index (κ1) is 22.7. The van der Waals surface area contributed by atoms with Gasteiger partial charge in [-0.05, 0) is 37.2 Å². The molecule has 2 N–H and O–H groups in total. The van der Waals surface area contributed by atoms with Gasteiger partial charge < -0.3 is 10.2 Å². The second-order valence-corrected chi connectivity index (χ2v) is 15.2. The maximum Gasteiger partial charge on any atom is 0.0627 e. The molecule has 0 aromatic heterocycles. The van der Waals surface area contributed by atoms with E-state index in [1.807, 2.05) is 23.5 Å². The first-order chi connectivity index (χ1) is 12.7. The Balaban J connectivity index is 1.71. The Kier molecular flexibility index (Phi) is 9.97. The Hall–Kier alpha value is 2.02. The van der Waals surface area contributed by atoms with Crippen LogP contribution in [0, 0.1) is 11.8 Å². The van der Waals surface area contributed by atoms with Crippen LogP contribution < -0.4 is 0 Å². The van der Waals surface area contributed by atoms with Gasteiger partial charge in [0.1, 0.15) is 0 Å². The minimum atomic E-state index is 0.328. The molecule has 26 heavy (non-hydrogen) atoms. The van der Waals surface area contributed by atoms with E-state index in [2.05, 4.69) is 59.6 Å². The predicted molar refractivity (Wildman–Crippen MR) is 129 cm³/mol. The largest absolute Gasteiger partial charge is 0.395 e. The molecular weight excluding hydrogens is 441 g/mol. The molecule has 2 saturated heterocycles. The minimum Gasteiger partial charge on any atom is -0.395 e. The molecule has 3 rings (SSSR count). The van der Waals surface area contributed by atoms with Crippen molar-refractivity contribution in [3.8, 4) is 0 Å².